The van der Waals surface area contributed by atoms with Gasteiger partial charge in [-0.1, -0.05) is 54.9 Å². The molecule has 0 saturated heterocycles. The summed E-state index contributed by atoms with van der Waals surface area (Å²) in [5.74, 6) is 0.434. The van der Waals surface area contributed by atoms with Gasteiger partial charge in [0.15, 0.2) is 0 Å². The summed E-state index contributed by atoms with van der Waals surface area (Å²) in [4.78, 5) is 26.3. The van der Waals surface area contributed by atoms with Gasteiger partial charge >= 0.3 is 0 Å². The van der Waals surface area contributed by atoms with E-state index in [1.807, 2.05) is 37.3 Å². The molecule has 4 unspecified atom stereocenters. The Labute approximate surface area is 164 Å². The fourth-order valence-electron chi connectivity index (χ4n) is 4.84. The van der Waals surface area contributed by atoms with Crippen LogP contribution < -0.4 is 4.90 Å². The number of benzene rings is 2. The minimum Gasteiger partial charge on any atom is -0.278 e. The van der Waals surface area contributed by atoms with E-state index < -0.39 is 0 Å². The maximum atomic E-state index is 13.3. The summed E-state index contributed by atoms with van der Waals surface area (Å²) in [6.45, 7) is 4.03. The topological polar surface area (TPSA) is 37.4 Å². The van der Waals surface area contributed by atoms with Crippen LogP contribution in [0.5, 0.6) is 0 Å². The van der Waals surface area contributed by atoms with Crippen LogP contribution >= 0.6 is 11.6 Å². The molecule has 0 spiro atoms. The van der Waals surface area contributed by atoms with Crippen LogP contribution in [0, 0.1) is 30.6 Å². The molecule has 2 aliphatic carbocycles. The van der Waals surface area contributed by atoms with Crippen LogP contribution in [0.15, 0.2) is 54.6 Å². The van der Waals surface area contributed by atoms with E-state index in [4.69, 9.17) is 11.6 Å². The Balaban J connectivity index is 1.63. The maximum Gasteiger partial charge on any atom is 0.237 e. The molecule has 2 aliphatic rings. The molecule has 27 heavy (non-hydrogen) atoms. The third kappa shape index (κ3) is 3.10. The van der Waals surface area contributed by atoms with Crippen molar-refractivity contribution in [3.8, 4) is 0 Å². The Hall–Kier alpha value is -2.39. The second kappa shape index (κ2) is 6.97. The number of carbonyl (C=O) groups excluding carboxylic acids is 2. The van der Waals surface area contributed by atoms with Gasteiger partial charge < -0.3 is 0 Å². The van der Waals surface area contributed by atoms with E-state index in [2.05, 4.69) is 25.1 Å². The van der Waals surface area contributed by atoms with Crippen molar-refractivity contribution in [3.05, 3.63) is 70.8 Å². The zero-order valence-corrected chi connectivity index (χ0v) is 16.2. The highest BCUT2D eigenvalue weighted by molar-refractivity contribution is 6.31. The number of imide groups is 1. The van der Waals surface area contributed by atoms with Gasteiger partial charge in [-0.05, 0) is 66.0 Å². The number of halogens is 1. The summed E-state index contributed by atoms with van der Waals surface area (Å²) in [7, 11) is 0. The predicted octanol–water partition coefficient (Wildman–Crippen LogP) is 5.12. The first-order valence-corrected chi connectivity index (χ1v) is 9.70. The molecule has 0 N–H and O–H groups in total. The van der Waals surface area contributed by atoms with Crippen molar-refractivity contribution in [1.82, 2.24) is 0 Å². The molecule has 4 heteroatoms. The van der Waals surface area contributed by atoms with E-state index in [0.29, 0.717) is 23.0 Å². The molecule has 1 saturated carbocycles. The lowest BCUT2D eigenvalue weighted by molar-refractivity contribution is -0.126. The van der Waals surface area contributed by atoms with Crippen LogP contribution in [0.25, 0.3) is 5.57 Å². The number of anilines is 1. The SMILES string of the molecule is Cc1cc(Cl)cc(N(C=O)C(=O)C2C3C=C(c4ccccc4)C(C3)C2C)c1. The fraction of sp³-hybridized carbons (Fsp3) is 0.304. The van der Waals surface area contributed by atoms with E-state index in [9.17, 15) is 9.59 Å². The fourth-order valence-corrected chi connectivity index (χ4v) is 5.12. The molecule has 4 atom stereocenters. The number of allylic oxidation sites excluding steroid dienone is 2. The molecule has 4 rings (SSSR count). The molecule has 0 heterocycles. The Bertz CT molecular complexity index is 901. The molecule has 0 aromatic heterocycles. The Morgan fingerprint density at radius 2 is 1.93 bits per heavy atom. The van der Waals surface area contributed by atoms with Gasteiger partial charge in [0.1, 0.15) is 0 Å². The largest absolute Gasteiger partial charge is 0.278 e. The highest BCUT2D eigenvalue weighted by atomic mass is 35.5. The zero-order chi connectivity index (χ0) is 19.1. The van der Waals surface area contributed by atoms with Crippen molar-refractivity contribution in [1.29, 1.82) is 0 Å². The zero-order valence-electron chi connectivity index (χ0n) is 15.4. The lowest BCUT2D eigenvalue weighted by Gasteiger charge is -2.30. The number of rotatable bonds is 4. The number of amides is 2. The van der Waals surface area contributed by atoms with Gasteiger partial charge in [-0.15, -0.1) is 0 Å². The summed E-state index contributed by atoms with van der Waals surface area (Å²) < 4.78 is 0. The Kier molecular flexibility index (Phi) is 4.65. The minimum atomic E-state index is -0.174. The number of hydrogen-bond acceptors (Lipinski definition) is 2. The molecule has 1 fully saturated rings. The van der Waals surface area contributed by atoms with Gasteiger partial charge in [0.2, 0.25) is 12.3 Å². The summed E-state index contributed by atoms with van der Waals surface area (Å²) in [5, 5.41) is 0.525. The van der Waals surface area contributed by atoms with E-state index in [1.165, 1.54) is 16.0 Å². The van der Waals surface area contributed by atoms with Gasteiger partial charge in [-0.3, -0.25) is 14.5 Å². The van der Waals surface area contributed by atoms with Crippen LogP contribution in [0.3, 0.4) is 0 Å². The monoisotopic (exact) mass is 379 g/mol. The second-order valence-electron chi connectivity index (χ2n) is 7.68. The number of nitrogens with zero attached hydrogens (tertiary/aromatic N) is 1. The van der Waals surface area contributed by atoms with Crippen molar-refractivity contribution in [2.45, 2.75) is 20.3 Å². The van der Waals surface area contributed by atoms with Crippen LogP contribution in [-0.2, 0) is 9.59 Å². The Morgan fingerprint density at radius 1 is 1.19 bits per heavy atom. The van der Waals surface area contributed by atoms with E-state index in [-0.39, 0.29) is 23.7 Å². The van der Waals surface area contributed by atoms with Crippen molar-refractivity contribution in [2.24, 2.45) is 23.7 Å². The van der Waals surface area contributed by atoms with Gasteiger partial charge in [-0.2, -0.15) is 0 Å². The quantitative estimate of drug-likeness (QED) is 0.691. The molecule has 2 bridgehead atoms. The van der Waals surface area contributed by atoms with E-state index >= 15 is 0 Å². The van der Waals surface area contributed by atoms with Gasteiger partial charge in [0, 0.05) is 10.9 Å². The maximum absolute atomic E-state index is 13.3. The molecule has 0 aliphatic heterocycles. The number of fused-ring (bicyclic) bond motifs is 2. The first-order valence-electron chi connectivity index (χ1n) is 9.32. The molecule has 2 aromatic rings. The first kappa shape index (κ1) is 18.0. The van der Waals surface area contributed by atoms with Crippen molar-refractivity contribution >= 4 is 35.2 Å². The van der Waals surface area contributed by atoms with E-state index in [0.717, 1.165) is 12.0 Å². The number of aryl methyl sites for hydroxylation is 1. The van der Waals surface area contributed by atoms with E-state index in [1.54, 1.807) is 6.07 Å². The van der Waals surface area contributed by atoms with Crippen LogP contribution in [0.1, 0.15) is 24.5 Å². The highest BCUT2D eigenvalue weighted by Crippen LogP contribution is 2.55. The summed E-state index contributed by atoms with van der Waals surface area (Å²) >= 11 is 6.13. The van der Waals surface area contributed by atoms with Crippen LogP contribution in [0.2, 0.25) is 5.02 Å². The lowest BCUT2D eigenvalue weighted by atomic mass is 9.78. The third-order valence-electron chi connectivity index (χ3n) is 6.02. The lowest BCUT2D eigenvalue weighted by Crippen LogP contribution is -2.40. The molecule has 0 radical (unpaired) electrons. The van der Waals surface area contributed by atoms with Gasteiger partial charge in [-0.25, -0.2) is 0 Å². The molecular weight excluding hydrogens is 358 g/mol. The average Bonchev–Trinajstić information content (AvgIpc) is 3.20. The molecular formula is C23H22ClNO2. The first-order chi connectivity index (χ1) is 13.0. The Morgan fingerprint density at radius 3 is 2.56 bits per heavy atom. The smallest absolute Gasteiger partial charge is 0.237 e. The highest BCUT2D eigenvalue weighted by Gasteiger charge is 2.50. The molecule has 138 valence electrons. The van der Waals surface area contributed by atoms with Crippen molar-refractivity contribution < 1.29 is 9.59 Å². The van der Waals surface area contributed by atoms with Gasteiger partial charge in [0.05, 0.1) is 5.69 Å². The molecule has 3 nitrogen and oxygen atoms in total. The minimum absolute atomic E-state index is 0.130. The van der Waals surface area contributed by atoms with Gasteiger partial charge in [0.25, 0.3) is 0 Å². The molecule has 2 amide bonds. The predicted molar refractivity (Wildman–Crippen MR) is 108 cm³/mol. The third-order valence-corrected chi connectivity index (χ3v) is 6.24. The summed E-state index contributed by atoms with van der Waals surface area (Å²) in [6.07, 6.45) is 3.84. The van der Waals surface area contributed by atoms with Crippen LogP contribution in [0.4, 0.5) is 5.69 Å². The summed E-state index contributed by atoms with van der Waals surface area (Å²) in [6, 6.07) is 15.7. The van der Waals surface area contributed by atoms with Crippen molar-refractivity contribution in [2.75, 3.05) is 4.90 Å². The normalized spacial score (nSPS) is 26.0. The standard InChI is InChI=1S/C23H22ClNO2/c1-14-8-18(24)12-19(9-14)25(13-26)23(27)22-15(2)20-10-17(22)11-21(20)16-6-4-3-5-7-16/h3-9,11-13,15,17,20,22H,10H2,1-2H3. The average molecular weight is 380 g/mol. The summed E-state index contributed by atoms with van der Waals surface area (Å²) in [5.41, 5.74) is 4.04. The van der Waals surface area contributed by atoms with Crippen LogP contribution in [-0.4, -0.2) is 12.3 Å². The number of carbonyl (C=O) groups is 2. The second-order valence-corrected chi connectivity index (χ2v) is 8.12. The van der Waals surface area contributed by atoms with Crippen molar-refractivity contribution in [3.63, 3.8) is 0 Å². The number of hydrogen-bond donors (Lipinski definition) is 0. The molecule has 2 aromatic carbocycles.